The molecule has 1 fully saturated rings. The van der Waals surface area contributed by atoms with Gasteiger partial charge < -0.3 is 10.1 Å². The Hall–Kier alpha value is -3.60. The molecule has 1 aliphatic rings. The zero-order chi connectivity index (χ0) is 27.9. The van der Waals surface area contributed by atoms with Crippen LogP contribution in [0.4, 0.5) is 26.3 Å². The van der Waals surface area contributed by atoms with Crippen molar-refractivity contribution in [2.45, 2.75) is 57.4 Å². The summed E-state index contributed by atoms with van der Waals surface area (Å²) >= 11 is 0. The van der Waals surface area contributed by atoms with Gasteiger partial charge in [-0.15, -0.1) is 13.2 Å². The molecule has 11 heteroatoms. The van der Waals surface area contributed by atoms with E-state index in [0.29, 0.717) is 28.7 Å². The largest absolute Gasteiger partial charge is 0.573 e. The summed E-state index contributed by atoms with van der Waals surface area (Å²) in [6, 6.07) is 12.2. The van der Waals surface area contributed by atoms with E-state index in [1.54, 1.807) is 19.9 Å². The Morgan fingerprint density at radius 2 is 1.74 bits per heavy atom. The zero-order valence-corrected chi connectivity index (χ0v) is 20.7. The number of pyridine rings is 1. The first-order chi connectivity index (χ1) is 17.6. The molecule has 2 heterocycles. The van der Waals surface area contributed by atoms with Crippen LogP contribution in [0.2, 0.25) is 0 Å². The second kappa shape index (κ2) is 9.94. The molecule has 5 nitrogen and oxygen atoms in total. The summed E-state index contributed by atoms with van der Waals surface area (Å²) in [6.07, 6.45) is -7.94. The molecule has 3 aromatic rings. The van der Waals surface area contributed by atoms with Gasteiger partial charge in [0.05, 0.1) is 12.1 Å². The van der Waals surface area contributed by atoms with Gasteiger partial charge >= 0.3 is 12.5 Å². The van der Waals surface area contributed by atoms with Crippen LogP contribution in [-0.4, -0.2) is 23.3 Å². The van der Waals surface area contributed by atoms with Crippen molar-refractivity contribution in [3.63, 3.8) is 0 Å². The fourth-order valence-corrected chi connectivity index (χ4v) is 4.54. The van der Waals surface area contributed by atoms with Gasteiger partial charge in [0.15, 0.2) is 0 Å². The van der Waals surface area contributed by atoms with Gasteiger partial charge in [-0.05, 0) is 67.6 Å². The number of amides is 1. The number of benzene rings is 2. The topological polar surface area (TPSA) is 63.2 Å². The molecule has 0 bridgehead atoms. The maximum atomic E-state index is 12.9. The van der Waals surface area contributed by atoms with E-state index in [-0.39, 0.29) is 11.7 Å². The summed E-state index contributed by atoms with van der Waals surface area (Å²) in [5, 5.41) is 6.14. The average Bonchev–Trinajstić information content (AvgIpc) is 3.16. The summed E-state index contributed by atoms with van der Waals surface area (Å²) in [5.74, 6) is -0.659. The standard InChI is InChI=1S/C27H25F6N3O2/c1-15-7-9-19(20(11-15)16-5-4-6-18(12-16)38-27(31,32)33)21-13-22(24(37)35-21)36-25(2,3)17-8-10-23(34-14-17)26(28,29)30/h4-12,14,21-22,36H,13H2,1-3H3,(H,35,37)/t21-,22-/m1/s1. The number of aromatic nitrogens is 1. The summed E-state index contributed by atoms with van der Waals surface area (Å²) < 4.78 is 81.0. The van der Waals surface area contributed by atoms with E-state index in [0.717, 1.165) is 17.8 Å². The molecule has 0 saturated carbocycles. The highest BCUT2D eigenvalue weighted by Crippen LogP contribution is 2.37. The quantitative estimate of drug-likeness (QED) is 0.356. The third kappa shape index (κ3) is 6.27. The van der Waals surface area contributed by atoms with Gasteiger partial charge in [-0.3, -0.25) is 15.1 Å². The predicted molar refractivity (Wildman–Crippen MR) is 128 cm³/mol. The van der Waals surface area contributed by atoms with Crippen molar-refractivity contribution in [1.82, 2.24) is 15.6 Å². The van der Waals surface area contributed by atoms with Crippen LogP contribution >= 0.6 is 0 Å². The van der Waals surface area contributed by atoms with E-state index in [1.807, 2.05) is 25.1 Å². The van der Waals surface area contributed by atoms with Gasteiger partial charge in [0, 0.05) is 11.7 Å². The lowest BCUT2D eigenvalue weighted by Crippen LogP contribution is -2.47. The first-order valence-corrected chi connectivity index (χ1v) is 11.7. The summed E-state index contributed by atoms with van der Waals surface area (Å²) in [5.41, 5.74) is 1.31. The molecule has 0 spiro atoms. The van der Waals surface area contributed by atoms with Gasteiger partial charge in [0.2, 0.25) is 5.91 Å². The Kier molecular flexibility index (Phi) is 7.17. The Bertz CT molecular complexity index is 1320. The second-order valence-corrected chi connectivity index (χ2v) is 9.72. The third-order valence-corrected chi connectivity index (χ3v) is 6.38. The van der Waals surface area contributed by atoms with Crippen LogP contribution in [0.1, 0.15) is 48.7 Å². The third-order valence-electron chi connectivity index (χ3n) is 6.38. The minimum atomic E-state index is -4.83. The molecule has 38 heavy (non-hydrogen) atoms. The van der Waals surface area contributed by atoms with Crippen LogP contribution in [0, 0.1) is 6.92 Å². The minimum absolute atomic E-state index is 0.302. The molecule has 1 amide bonds. The number of carbonyl (C=O) groups is 1. The molecule has 2 aromatic carbocycles. The highest BCUT2D eigenvalue weighted by molar-refractivity contribution is 5.85. The monoisotopic (exact) mass is 537 g/mol. The molecular formula is C27H25F6N3O2. The van der Waals surface area contributed by atoms with Crippen LogP contribution in [0.25, 0.3) is 11.1 Å². The fourth-order valence-electron chi connectivity index (χ4n) is 4.54. The highest BCUT2D eigenvalue weighted by Gasteiger charge is 2.38. The number of aryl methyl sites for hydroxylation is 1. The number of carbonyl (C=O) groups excluding carboxylic acids is 1. The number of hydrogen-bond donors (Lipinski definition) is 2. The average molecular weight is 538 g/mol. The van der Waals surface area contributed by atoms with Crippen LogP contribution < -0.4 is 15.4 Å². The number of nitrogens with zero attached hydrogens (tertiary/aromatic N) is 1. The number of halogens is 6. The van der Waals surface area contributed by atoms with Crippen molar-refractivity contribution in [2.24, 2.45) is 0 Å². The SMILES string of the molecule is Cc1ccc([C@H]2C[C@@H](NC(C)(C)c3ccc(C(F)(F)F)nc3)C(=O)N2)c(-c2cccc(OC(F)(F)F)c2)c1. The lowest BCUT2D eigenvalue weighted by Gasteiger charge is -2.29. The van der Waals surface area contributed by atoms with Crippen LogP contribution in [0.5, 0.6) is 5.75 Å². The van der Waals surface area contributed by atoms with Gasteiger partial charge in [-0.2, -0.15) is 13.2 Å². The van der Waals surface area contributed by atoms with Crippen molar-refractivity contribution in [1.29, 1.82) is 0 Å². The number of hydrogen-bond acceptors (Lipinski definition) is 4. The van der Waals surface area contributed by atoms with Crippen molar-refractivity contribution >= 4 is 5.91 Å². The van der Waals surface area contributed by atoms with Gasteiger partial charge in [-0.1, -0.05) is 42.0 Å². The van der Waals surface area contributed by atoms with E-state index in [2.05, 4.69) is 20.4 Å². The highest BCUT2D eigenvalue weighted by atomic mass is 19.4. The van der Waals surface area contributed by atoms with Crippen molar-refractivity contribution in [2.75, 3.05) is 0 Å². The zero-order valence-electron chi connectivity index (χ0n) is 20.7. The van der Waals surface area contributed by atoms with Gasteiger partial charge in [0.1, 0.15) is 11.4 Å². The van der Waals surface area contributed by atoms with Crippen LogP contribution in [0.3, 0.4) is 0 Å². The van der Waals surface area contributed by atoms with Crippen molar-refractivity contribution < 1.29 is 35.9 Å². The number of alkyl halides is 6. The summed E-state index contributed by atoms with van der Waals surface area (Å²) in [4.78, 5) is 16.4. The van der Waals surface area contributed by atoms with Crippen molar-refractivity contribution in [3.05, 3.63) is 83.2 Å². The van der Waals surface area contributed by atoms with E-state index < -0.39 is 35.9 Å². The number of nitrogens with one attached hydrogen (secondary N) is 2. The summed E-state index contributed by atoms with van der Waals surface area (Å²) in [6.45, 7) is 5.32. The molecule has 4 rings (SSSR count). The van der Waals surface area contributed by atoms with Crippen molar-refractivity contribution in [3.8, 4) is 16.9 Å². The van der Waals surface area contributed by atoms with E-state index >= 15 is 0 Å². The Morgan fingerprint density at radius 1 is 1.00 bits per heavy atom. The molecule has 202 valence electrons. The maximum Gasteiger partial charge on any atom is 0.573 e. The maximum absolute atomic E-state index is 12.9. The minimum Gasteiger partial charge on any atom is -0.406 e. The normalized spacial score (nSPS) is 18.4. The Morgan fingerprint density at radius 3 is 2.37 bits per heavy atom. The van der Waals surface area contributed by atoms with Gasteiger partial charge in [-0.25, -0.2) is 0 Å². The lowest BCUT2D eigenvalue weighted by molar-refractivity contribution is -0.274. The second-order valence-electron chi connectivity index (χ2n) is 9.72. The number of ether oxygens (including phenoxy) is 1. The molecule has 1 aliphatic heterocycles. The number of rotatable bonds is 6. The summed E-state index contributed by atoms with van der Waals surface area (Å²) in [7, 11) is 0. The first kappa shape index (κ1) is 27.4. The van der Waals surface area contributed by atoms with Crippen LogP contribution in [-0.2, 0) is 16.5 Å². The molecule has 0 unspecified atom stereocenters. The molecular weight excluding hydrogens is 512 g/mol. The lowest BCUT2D eigenvalue weighted by atomic mass is 9.90. The smallest absolute Gasteiger partial charge is 0.406 e. The first-order valence-electron chi connectivity index (χ1n) is 11.7. The van der Waals surface area contributed by atoms with E-state index in [4.69, 9.17) is 0 Å². The van der Waals surface area contributed by atoms with Gasteiger partial charge in [0.25, 0.3) is 0 Å². The molecule has 0 aliphatic carbocycles. The van der Waals surface area contributed by atoms with Crippen LogP contribution in [0.15, 0.2) is 60.8 Å². The molecule has 0 radical (unpaired) electrons. The molecule has 1 saturated heterocycles. The predicted octanol–water partition coefficient (Wildman–Crippen LogP) is 6.43. The Labute approximate surface area is 215 Å². The Balaban J connectivity index is 1.57. The fraction of sp³-hybridized carbons (Fsp3) is 0.333. The molecule has 2 atom stereocenters. The van der Waals surface area contributed by atoms with E-state index in [9.17, 15) is 31.1 Å². The molecule has 1 aromatic heterocycles. The van der Waals surface area contributed by atoms with E-state index in [1.165, 1.54) is 24.3 Å². The molecule has 2 N–H and O–H groups in total.